The summed E-state index contributed by atoms with van der Waals surface area (Å²) in [6.07, 6.45) is 8.36. The monoisotopic (exact) mass is 385 g/mol. The number of hydrogen-bond acceptors (Lipinski definition) is 5. The molecule has 1 aliphatic rings. The van der Waals surface area contributed by atoms with Gasteiger partial charge in [0.05, 0.1) is 17.6 Å². The average Bonchev–Trinajstić information content (AvgIpc) is 3.34. The summed E-state index contributed by atoms with van der Waals surface area (Å²) < 4.78 is 9.89. The van der Waals surface area contributed by atoms with Crippen LogP contribution in [0.15, 0.2) is 21.9 Å². The summed E-state index contributed by atoms with van der Waals surface area (Å²) in [5.74, 6) is 1.60. The summed E-state index contributed by atoms with van der Waals surface area (Å²) in [4.78, 5) is 4.83. The SMILES string of the molecule is Cc1nc(SCc2cc(-c3cnn(C)c3C)no2)n(C2CCCCC2)c1C. The Labute approximate surface area is 164 Å². The van der Waals surface area contributed by atoms with Gasteiger partial charge in [0.25, 0.3) is 0 Å². The van der Waals surface area contributed by atoms with Gasteiger partial charge in [-0.15, -0.1) is 0 Å². The number of hydrogen-bond donors (Lipinski definition) is 0. The maximum absolute atomic E-state index is 5.58. The second-order valence-electron chi connectivity index (χ2n) is 7.46. The lowest BCUT2D eigenvalue weighted by Crippen LogP contribution is -2.15. The number of aryl methyl sites for hydroxylation is 2. The lowest BCUT2D eigenvalue weighted by Gasteiger charge is -2.25. The lowest BCUT2D eigenvalue weighted by atomic mass is 9.95. The van der Waals surface area contributed by atoms with E-state index in [1.807, 2.05) is 30.9 Å². The van der Waals surface area contributed by atoms with Crippen molar-refractivity contribution in [2.75, 3.05) is 0 Å². The van der Waals surface area contributed by atoms with Crippen molar-refractivity contribution < 1.29 is 4.52 Å². The van der Waals surface area contributed by atoms with Crippen molar-refractivity contribution in [1.29, 1.82) is 0 Å². The van der Waals surface area contributed by atoms with E-state index >= 15 is 0 Å². The summed E-state index contributed by atoms with van der Waals surface area (Å²) >= 11 is 1.74. The molecule has 144 valence electrons. The van der Waals surface area contributed by atoms with Gasteiger partial charge in [-0.1, -0.05) is 36.2 Å². The first-order valence-corrected chi connectivity index (χ1v) is 10.7. The largest absolute Gasteiger partial charge is 0.360 e. The van der Waals surface area contributed by atoms with Crippen LogP contribution < -0.4 is 0 Å². The van der Waals surface area contributed by atoms with Crippen molar-refractivity contribution in [2.45, 2.75) is 69.8 Å². The zero-order valence-electron chi connectivity index (χ0n) is 16.5. The summed E-state index contributed by atoms with van der Waals surface area (Å²) in [5.41, 5.74) is 5.38. The van der Waals surface area contributed by atoms with Gasteiger partial charge in [-0.3, -0.25) is 4.68 Å². The van der Waals surface area contributed by atoms with E-state index in [4.69, 9.17) is 9.51 Å². The van der Waals surface area contributed by atoms with E-state index in [1.54, 1.807) is 11.8 Å². The van der Waals surface area contributed by atoms with Crippen LogP contribution >= 0.6 is 11.8 Å². The molecule has 3 aromatic rings. The Morgan fingerprint density at radius 2 is 1.93 bits per heavy atom. The van der Waals surface area contributed by atoms with E-state index in [9.17, 15) is 0 Å². The van der Waals surface area contributed by atoms with Crippen LogP contribution in [0.2, 0.25) is 0 Å². The van der Waals surface area contributed by atoms with Crippen molar-refractivity contribution in [3.63, 3.8) is 0 Å². The van der Waals surface area contributed by atoms with Gasteiger partial charge in [-0.25, -0.2) is 4.98 Å². The minimum atomic E-state index is 0.589. The highest BCUT2D eigenvalue weighted by molar-refractivity contribution is 7.98. The molecule has 27 heavy (non-hydrogen) atoms. The summed E-state index contributed by atoms with van der Waals surface area (Å²) in [6, 6.07) is 2.61. The lowest BCUT2D eigenvalue weighted by molar-refractivity contribution is 0.332. The molecule has 7 heteroatoms. The molecule has 4 rings (SSSR count). The molecule has 0 amide bonds. The van der Waals surface area contributed by atoms with Gasteiger partial charge in [0, 0.05) is 36.1 Å². The zero-order valence-corrected chi connectivity index (χ0v) is 17.3. The quantitative estimate of drug-likeness (QED) is 0.579. The van der Waals surface area contributed by atoms with E-state index in [-0.39, 0.29) is 0 Å². The molecular formula is C20H27N5OS. The Morgan fingerprint density at radius 1 is 1.15 bits per heavy atom. The van der Waals surface area contributed by atoms with Crippen molar-refractivity contribution in [3.05, 3.63) is 35.1 Å². The second-order valence-corrected chi connectivity index (χ2v) is 8.40. The molecule has 0 atom stereocenters. The zero-order chi connectivity index (χ0) is 19.0. The molecule has 3 aromatic heterocycles. The summed E-state index contributed by atoms with van der Waals surface area (Å²) in [5, 5.41) is 9.63. The standard InChI is InChI=1S/C20H27N5OS/c1-13-14(2)25(16-8-6-5-7-9-16)20(22-13)27-12-17-10-19(23-26-17)18-11-21-24(4)15(18)3/h10-11,16H,5-9,12H2,1-4H3. The fourth-order valence-electron chi connectivity index (χ4n) is 3.86. The highest BCUT2D eigenvalue weighted by atomic mass is 32.2. The molecule has 0 spiro atoms. The molecule has 0 unspecified atom stereocenters. The van der Waals surface area contributed by atoms with Gasteiger partial charge < -0.3 is 9.09 Å². The normalized spacial score (nSPS) is 15.6. The maximum Gasteiger partial charge on any atom is 0.169 e. The van der Waals surface area contributed by atoms with Gasteiger partial charge in [0.15, 0.2) is 5.16 Å². The topological polar surface area (TPSA) is 61.7 Å². The Balaban J connectivity index is 1.51. The summed E-state index contributed by atoms with van der Waals surface area (Å²) in [7, 11) is 1.94. The Morgan fingerprint density at radius 3 is 2.63 bits per heavy atom. The molecule has 1 aliphatic carbocycles. The Bertz CT molecular complexity index is 932. The second kappa shape index (κ2) is 7.54. The third-order valence-corrected chi connectivity index (χ3v) is 6.68. The van der Waals surface area contributed by atoms with E-state index in [2.05, 4.69) is 28.7 Å². The van der Waals surface area contributed by atoms with E-state index in [0.29, 0.717) is 6.04 Å². The smallest absolute Gasteiger partial charge is 0.169 e. The molecule has 1 fully saturated rings. The summed E-state index contributed by atoms with van der Waals surface area (Å²) in [6.45, 7) is 6.34. The fourth-order valence-corrected chi connectivity index (χ4v) is 4.89. The fraction of sp³-hybridized carbons (Fsp3) is 0.550. The van der Waals surface area contributed by atoms with Crippen molar-refractivity contribution in [1.82, 2.24) is 24.5 Å². The molecule has 0 bridgehead atoms. The van der Waals surface area contributed by atoms with Crippen LogP contribution in [0.5, 0.6) is 0 Å². The average molecular weight is 386 g/mol. The highest BCUT2D eigenvalue weighted by Crippen LogP contribution is 2.35. The van der Waals surface area contributed by atoms with Crippen LogP contribution in [0.3, 0.4) is 0 Å². The number of thioether (sulfide) groups is 1. The molecule has 0 aromatic carbocycles. The van der Waals surface area contributed by atoms with Crippen molar-refractivity contribution in [2.24, 2.45) is 7.05 Å². The van der Waals surface area contributed by atoms with E-state index in [0.717, 1.165) is 39.3 Å². The number of aromatic nitrogens is 5. The molecule has 0 aliphatic heterocycles. The molecule has 0 N–H and O–H groups in total. The van der Waals surface area contributed by atoms with Crippen LogP contribution in [0.1, 0.15) is 61.0 Å². The Hall–Kier alpha value is -2.02. The number of rotatable bonds is 5. The van der Waals surface area contributed by atoms with E-state index in [1.165, 1.54) is 37.8 Å². The van der Waals surface area contributed by atoms with Gasteiger partial charge in [0.2, 0.25) is 0 Å². The third-order valence-electron chi connectivity index (χ3n) is 5.71. The third kappa shape index (κ3) is 3.57. The molecule has 1 saturated carbocycles. The van der Waals surface area contributed by atoms with Crippen LogP contribution in [0.4, 0.5) is 0 Å². The van der Waals surface area contributed by atoms with Crippen LogP contribution in [0, 0.1) is 20.8 Å². The van der Waals surface area contributed by atoms with Gasteiger partial charge in [-0.2, -0.15) is 5.10 Å². The van der Waals surface area contributed by atoms with E-state index < -0.39 is 0 Å². The molecule has 0 saturated heterocycles. The number of nitrogens with zero attached hydrogens (tertiary/aromatic N) is 5. The highest BCUT2D eigenvalue weighted by Gasteiger charge is 2.22. The van der Waals surface area contributed by atoms with Crippen LogP contribution in [0.25, 0.3) is 11.3 Å². The molecule has 6 nitrogen and oxygen atoms in total. The maximum atomic E-state index is 5.58. The first-order valence-electron chi connectivity index (χ1n) is 9.67. The molecule has 0 radical (unpaired) electrons. The first kappa shape index (κ1) is 18.3. The Kier molecular flexibility index (Phi) is 5.12. The van der Waals surface area contributed by atoms with Crippen molar-refractivity contribution >= 4 is 11.8 Å². The minimum Gasteiger partial charge on any atom is -0.360 e. The van der Waals surface area contributed by atoms with Crippen LogP contribution in [-0.2, 0) is 12.8 Å². The van der Waals surface area contributed by atoms with Gasteiger partial charge in [0.1, 0.15) is 11.5 Å². The van der Waals surface area contributed by atoms with Crippen LogP contribution in [-0.4, -0.2) is 24.5 Å². The van der Waals surface area contributed by atoms with Crippen molar-refractivity contribution in [3.8, 4) is 11.3 Å². The van der Waals surface area contributed by atoms with Gasteiger partial charge in [-0.05, 0) is 33.6 Å². The minimum absolute atomic E-state index is 0.589. The first-order chi connectivity index (χ1) is 13.0. The predicted molar refractivity (Wildman–Crippen MR) is 107 cm³/mol. The molecule has 3 heterocycles. The van der Waals surface area contributed by atoms with Gasteiger partial charge >= 0.3 is 0 Å². The molecular weight excluding hydrogens is 358 g/mol. The predicted octanol–water partition coefficient (Wildman–Crippen LogP) is 4.99. The number of imidazole rings is 1.